The van der Waals surface area contributed by atoms with Crippen molar-refractivity contribution in [1.82, 2.24) is 9.97 Å². The Labute approximate surface area is 112 Å². The van der Waals surface area contributed by atoms with Gasteiger partial charge in [0.1, 0.15) is 16.4 Å². The molecule has 0 aromatic carbocycles. The molecule has 0 aliphatic carbocycles. The maximum absolute atomic E-state index is 5.94. The Hall–Kier alpha value is 0.350. The number of hydrogen-bond donors (Lipinski definition) is 0. The van der Waals surface area contributed by atoms with Crippen LogP contribution in [0.2, 0.25) is 10.3 Å². The quantitative estimate of drug-likeness (QED) is 0.568. The Balaban J connectivity index is 2.29. The summed E-state index contributed by atoms with van der Waals surface area (Å²) >= 11 is 13.9. The third kappa shape index (κ3) is 2.54. The molecule has 2 rings (SSSR count). The Morgan fingerprint density at radius 3 is 2.33 bits per heavy atom. The number of aromatic nitrogens is 2. The fourth-order valence-electron chi connectivity index (χ4n) is 1.55. The lowest BCUT2D eigenvalue weighted by Gasteiger charge is -2.10. The summed E-state index contributed by atoms with van der Waals surface area (Å²) in [7, 11) is 0. The number of halogens is 3. The van der Waals surface area contributed by atoms with Gasteiger partial charge in [0.2, 0.25) is 0 Å². The molecule has 0 amide bonds. The van der Waals surface area contributed by atoms with Crippen molar-refractivity contribution in [1.29, 1.82) is 0 Å². The van der Waals surface area contributed by atoms with Gasteiger partial charge in [0, 0.05) is 0 Å². The molecule has 15 heavy (non-hydrogen) atoms. The third-order valence-electron chi connectivity index (χ3n) is 2.31. The molecule has 3 nitrogen and oxygen atoms in total. The van der Waals surface area contributed by atoms with Crippen molar-refractivity contribution >= 4 is 45.8 Å². The highest BCUT2D eigenvalue weighted by Crippen LogP contribution is 2.33. The van der Waals surface area contributed by atoms with Crippen molar-refractivity contribution in [3.63, 3.8) is 0 Å². The van der Waals surface area contributed by atoms with Crippen molar-refractivity contribution in [2.45, 2.75) is 32.0 Å². The topological polar surface area (TPSA) is 35.0 Å². The van der Waals surface area contributed by atoms with E-state index in [0.717, 1.165) is 12.8 Å². The molecular formula is C9H9Cl2IN2O. The number of rotatable bonds is 1. The molecule has 1 aliphatic rings. The highest BCUT2D eigenvalue weighted by molar-refractivity contribution is 14.1. The molecule has 1 saturated heterocycles. The van der Waals surface area contributed by atoms with Crippen LogP contribution in [0.1, 0.15) is 31.7 Å². The predicted octanol–water partition coefficient (Wildman–Crippen LogP) is 3.63. The van der Waals surface area contributed by atoms with Crippen LogP contribution in [0.5, 0.6) is 0 Å². The standard InChI is InChI=1S/C9H9Cl2IN2O/c1-4-2-3-5(15-4)9-13-7(10)6(12)8(11)14-9/h4-5H,2-3H2,1H3. The summed E-state index contributed by atoms with van der Waals surface area (Å²) in [6, 6.07) is 0. The number of ether oxygens (including phenoxy) is 1. The number of nitrogens with zero attached hydrogens (tertiary/aromatic N) is 2. The van der Waals surface area contributed by atoms with E-state index < -0.39 is 0 Å². The average molecular weight is 359 g/mol. The lowest BCUT2D eigenvalue weighted by molar-refractivity contribution is 0.0503. The van der Waals surface area contributed by atoms with E-state index >= 15 is 0 Å². The van der Waals surface area contributed by atoms with Crippen molar-refractivity contribution < 1.29 is 4.74 Å². The summed E-state index contributed by atoms with van der Waals surface area (Å²) in [6.45, 7) is 2.04. The first-order valence-corrected chi connectivity index (χ1v) is 6.45. The van der Waals surface area contributed by atoms with Crippen LogP contribution in [0.15, 0.2) is 0 Å². The van der Waals surface area contributed by atoms with Gasteiger partial charge in [0.25, 0.3) is 0 Å². The molecule has 1 aromatic heterocycles. The summed E-state index contributed by atoms with van der Waals surface area (Å²) in [5.41, 5.74) is 0. The van der Waals surface area contributed by atoms with Crippen LogP contribution in [0.3, 0.4) is 0 Å². The zero-order valence-corrected chi connectivity index (χ0v) is 11.7. The van der Waals surface area contributed by atoms with Gasteiger partial charge in [-0.15, -0.1) is 0 Å². The SMILES string of the molecule is CC1CCC(c2nc(Cl)c(I)c(Cl)n2)O1. The van der Waals surface area contributed by atoms with E-state index in [0.29, 0.717) is 19.7 Å². The second kappa shape index (κ2) is 4.69. The van der Waals surface area contributed by atoms with Crippen LogP contribution >= 0.6 is 45.8 Å². The largest absolute Gasteiger partial charge is 0.367 e. The van der Waals surface area contributed by atoms with E-state index in [1.165, 1.54) is 0 Å². The molecule has 2 heterocycles. The van der Waals surface area contributed by atoms with Crippen LogP contribution < -0.4 is 0 Å². The molecule has 1 aliphatic heterocycles. The molecule has 1 aromatic rings. The summed E-state index contributed by atoms with van der Waals surface area (Å²) in [4.78, 5) is 8.37. The van der Waals surface area contributed by atoms with E-state index in [-0.39, 0.29) is 12.2 Å². The molecule has 1 fully saturated rings. The first kappa shape index (κ1) is 11.8. The molecular weight excluding hydrogens is 350 g/mol. The normalized spacial score (nSPS) is 25.9. The predicted molar refractivity (Wildman–Crippen MR) is 67.3 cm³/mol. The van der Waals surface area contributed by atoms with Gasteiger partial charge >= 0.3 is 0 Å². The minimum atomic E-state index is -0.0630. The maximum Gasteiger partial charge on any atom is 0.160 e. The summed E-state index contributed by atoms with van der Waals surface area (Å²) in [6.07, 6.45) is 2.14. The highest BCUT2D eigenvalue weighted by Gasteiger charge is 2.26. The van der Waals surface area contributed by atoms with Gasteiger partial charge in [-0.2, -0.15) is 0 Å². The highest BCUT2D eigenvalue weighted by atomic mass is 127. The Kier molecular flexibility index (Phi) is 3.70. The minimum absolute atomic E-state index is 0.0630. The Morgan fingerprint density at radius 1 is 1.27 bits per heavy atom. The van der Waals surface area contributed by atoms with Crippen LogP contribution in [0, 0.1) is 3.57 Å². The maximum atomic E-state index is 5.94. The van der Waals surface area contributed by atoms with Gasteiger partial charge in [0.05, 0.1) is 9.67 Å². The van der Waals surface area contributed by atoms with Gasteiger partial charge in [-0.3, -0.25) is 0 Å². The van der Waals surface area contributed by atoms with Crippen molar-refractivity contribution in [2.75, 3.05) is 0 Å². The average Bonchev–Trinajstić information content (AvgIpc) is 2.60. The molecule has 2 atom stereocenters. The molecule has 0 bridgehead atoms. The lowest BCUT2D eigenvalue weighted by atomic mass is 10.2. The van der Waals surface area contributed by atoms with Gasteiger partial charge < -0.3 is 4.74 Å². The zero-order valence-electron chi connectivity index (χ0n) is 8.01. The first-order valence-electron chi connectivity index (χ1n) is 4.62. The van der Waals surface area contributed by atoms with Crippen molar-refractivity contribution in [3.05, 3.63) is 19.7 Å². The molecule has 6 heteroatoms. The Morgan fingerprint density at radius 2 is 1.87 bits per heavy atom. The van der Waals surface area contributed by atoms with E-state index in [1.54, 1.807) is 0 Å². The first-order chi connectivity index (χ1) is 7.08. The number of hydrogen-bond acceptors (Lipinski definition) is 3. The van der Waals surface area contributed by atoms with E-state index in [9.17, 15) is 0 Å². The molecule has 82 valence electrons. The second-order valence-electron chi connectivity index (χ2n) is 3.49. The smallest absolute Gasteiger partial charge is 0.160 e. The molecule has 0 saturated carbocycles. The van der Waals surface area contributed by atoms with Crippen LogP contribution in [-0.4, -0.2) is 16.1 Å². The monoisotopic (exact) mass is 358 g/mol. The molecule has 0 N–H and O–H groups in total. The molecule has 2 unspecified atom stereocenters. The fraction of sp³-hybridized carbons (Fsp3) is 0.556. The van der Waals surface area contributed by atoms with Crippen molar-refractivity contribution in [2.24, 2.45) is 0 Å². The zero-order chi connectivity index (χ0) is 11.0. The van der Waals surface area contributed by atoms with Gasteiger partial charge in [-0.1, -0.05) is 23.2 Å². The summed E-state index contributed by atoms with van der Waals surface area (Å²) in [5.74, 6) is 0.592. The van der Waals surface area contributed by atoms with Gasteiger partial charge in [-0.05, 0) is 42.4 Å². The van der Waals surface area contributed by atoms with Crippen LogP contribution in [-0.2, 0) is 4.74 Å². The Bertz CT molecular complexity index is 365. The van der Waals surface area contributed by atoms with E-state index in [2.05, 4.69) is 9.97 Å². The minimum Gasteiger partial charge on any atom is -0.367 e. The fourth-order valence-corrected chi connectivity index (χ4v) is 2.19. The van der Waals surface area contributed by atoms with E-state index in [1.807, 2.05) is 29.5 Å². The van der Waals surface area contributed by atoms with Crippen LogP contribution in [0.4, 0.5) is 0 Å². The summed E-state index contributed by atoms with van der Waals surface area (Å²) in [5, 5.41) is 0.794. The van der Waals surface area contributed by atoms with E-state index in [4.69, 9.17) is 27.9 Å². The third-order valence-corrected chi connectivity index (χ3v) is 4.51. The second-order valence-corrected chi connectivity index (χ2v) is 5.28. The summed E-state index contributed by atoms with van der Waals surface area (Å²) < 4.78 is 6.34. The van der Waals surface area contributed by atoms with Gasteiger partial charge in [0.15, 0.2) is 5.82 Å². The molecule has 0 radical (unpaired) electrons. The van der Waals surface area contributed by atoms with Crippen LogP contribution in [0.25, 0.3) is 0 Å². The lowest BCUT2D eigenvalue weighted by Crippen LogP contribution is -2.06. The van der Waals surface area contributed by atoms with Crippen molar-refractivity contribution in [3.8, 4) is 0 Å². The van der Waals surface area contributed by atoms with Gasteiger partial charge in [-0.25, -0.2) is 9.97 Å². The molecule has 0 spiro atoms.